The molecule has 2 aromatic rings. The molecule has 1 heterocycles. The van der Waals surface area contributed by atoms with Crippen LogP contribution in [0.15, 0.2) is 35.2 Å². The summed E-state index contributed by atoms with van der Waals surface area (Å²) in [6.45, 7) is 8.61. The molecule has 1 saturated heterocycles. The third-order valence-electron chi connectivity index (χ3n) is 6.21. The van der Waals surface area contributed by atoms with Crippen LogP contribution in [-0.2, 0) is 14.8 Å². The molecular weight excluding hydrogens is 448 g/mol. The monoisotopic (exact) mass is 478 g/mol. The van der Waals surface area contributed by atoms with Crippen LogP contribution in [0, 0.1) is 26.7 Å². The smallest absolute Gasteiger partial charge is 0.246 e. The zero-order chi connectivity index (χ0) is 23.6. The predicted octanol–water partition coefficient (Wildman–Crippen LogP) is 4.55. The number of amides is 1. The summed E-state index contributed by atoms with van der Waals surface area (Å²) in [5, 5.41) is 3.40. The summed E-state index contributed by atoms with van der Waals surface area (Å²) in [6.07, 6.45) is 1.25. The van der Waals surface area contributed by atoms with Crippen molar-refractivity contribution >= 4 is 27.5 Å². The van der Waals surface area contributed by atoms with E-state index in [-0.39, 0.29) is 29.1 Å². The lowest BCUT2D eigenvalue weighted by atomic mass is 9.95. The molecule has 174 valence electrons. The third-order valence-corrected chi connectivity index (χ3v) is 8.33. The van der Waals surface area contributed by atoms with Crippen LogP contribution in [0.3, 0.4) is 0 Å². The zero-order valence-corrected chi connectivity index (χ0v) is 20.8. The molecule has 0 unspecified atom stereocenters. The molecule has 32 heavy (non-hydrogen) atoms. The van der Waals surface area contributed by atoms with Gasteiger partial charge in [0.15, 0.2) is 0 Å². The molecule has 0 spiro atoms. The Morgan fingerprint density at radius 1 is 1.16 bits per heavy atom. The highest BCUT2D eigenvalue weighted by Gasteiger charge is 2.35. The molecule has 1 N–H and O–H groups in total. The van der Waals surface area contributed by atoms with E-state index in [1.807, 2.05) is 13.8 Å². The van der Waals surface area contributed by atoms with E-state index in [1.54, 1.807) is 6.07 Å². The summed E-state index contributed by atoms with van der Waals surface area (Å²) in [5.74, 6) is -0.314. The van der Waals surface area contributed by atoms with Crippen LogP contribution in [0.2, 0.25) is 5.02 Å². The third kappa shape index (κ3) is 5.11. The van der Waals surface area contributed by atoms with Gasteiger partial charge in [-0.05, 0) is 81.0 Å². The standard InChI is InChI=1S/C24H31ClN2O4S/c1-15-11-17(3)21(12-16(15)2)18(4)26-24(28)19-7-6-10-27(14-19)32(29,30)23-13-20(25)8-9-22(23)31-5/h8-9,11-13,18-19H,6-7,10,14H2,1-5H3,(H,26,28)/t18-,19-/m0/s1. The van der Waals surface area contributed by atoms with E-state index in [9.17, 15) is 13.2 Å². The first-order chi connectivity index (χ1) is 15.0. The molecule has 3 rings (SSSR count). The van der Waals surface area contributed by atoms with Crippen molar-refractivity contribution in [1.82, 2.24) is 9.62 Å². The van der Waals surface area contributed by atoms with Crippen molar-refractivity contribution in [3.05, 3.63) is 57.6 Å². The fourth-order valence-electron chi connectivity index (χ4n) is 4.22. The number of ether oxygens (including phenoxy) is 1. The van der Waals surface area contributed by atoms with Gasteiger partial charge < -0.3 is 10.1 Å². The Bertz CT molecular complexity index is 1120. The minimum absolute atomic E-state index is 0.0210. The van der Waals surface area contributed by atoms with Gasteiger partial charge in [0.1, 0.15) is 10.6 Å². The number of rotatable bonds is 6. The van der Waals surface area contributed by atoms with E-state index in [0.717, 1.165) is 11.1 Å². The number of nitrogens with one attached hydrogen (secondary N) is 1. The van der Waals surface area contributed by atoms with E-state index < -0.39 is 15.9 Å². The highest BCUT2D eigenvalue weighted by molar-refractivity contribution is 7.89. The second-order valence-electron chi connectivity index (χ2n) is 8.52. The second-order valence-corrected chi connectivity index (χ2v) is 10.9. The molecule has 1 aliphatic heterocycles. The van der Waals surface area contributed by atoms with E-state index in [4.69, 9.17) is 16.3 Å². The van der Waals surface area contributed by atoms with Crippen molar-refractivity contribution in [1.29, 1.82) is 0 Å². The Morgan fingerprint density at radius 2 is 1.84 bits per heavy atom. The van der Waals surface area contributed by atoms with Gasteiger partial charge in [0.2, 0.25) is 15.9 Å². The van der Waals surface area contributed by atoms with Gasteiger partial charge in [-0.3, -0.25) is 4.79 Å². The molecule has 0 saturated carbocycles. The van der Waals surface area contributed by atoms with Crippen molar-refractivity contribution in [2.75, 3.05) is 20.2 Å². The van der Waals surface area contributed by atoms with E-state index >= 15 is 0 Å². The molecular formula is C24H31ClN2O4S. The summed E-state index contributed by atoms with van der Waals surface area (Å²) in [7, 11) is -2.43. The Morgan fingerprint density at radius 3 is 2.53 bits per heavy atom. The van der Waals surface area contributed by atoms with Crippen LogP contribution in [-0.4, -0.2) is 38.8 Å². The number of piperidine rings is 1. The second kappa shape index (κ2) is 9.81. The van der Waals surface area contributed by atoms with Crippen molar-refractivity contribution in [2.45, 2.75) is 51.5 Å². The fourth-order valence-corrected chi connectivity index (χ4v) is 6.17. The molecule has 8 heteroatoms. The summed E-state index contributed by atoms with van der Waals surface area (Å²) >= 11 is 6.04. The quantitative estimate of drug-likeness (QED) is 0.660. The summed E-state index contributed by atoms with van der Waals surface area (Å²) in [6, 6.07) is 8.59. The van der Waals surface area contributed by atoms with Crippen molar-refractivity contribution < 1.29 is 17.9 Å². The minimum atomic E-state index is -3.85. The van der Waals surface area contributed by atoms with Crippen LogP contribution in [0.25, 0.3) is 0 Å². The summed E-state index contributed by atoms with van der Waals surface area (Å²) < 4.78 is 33.2. The van der Waals surface area contributed by atoms with Crippen LogP contribution in [0.1, 0.15) is 48.1 Å². The highest BCUT2D eigenvalue weighted by Crippen LogP contribution is 2.32. The maximum atomic E-state index is 13.3. The average Bonchev–Trinajstić information content (AvgIpc) is 2.76. The normalized spacial score (nSPS) is 18.2. The van der Waals surface area contributed by atoms with E-state index in [1.165, 1.54) is 34.7 Å². The molecule has 1 aliphatic rings. The number of sulfonamides is 1. The number of methoxy groups -OCH3 is 1. The first-order valence-electron chi connectivity index (χ1n) is 10.8. The van der Waals surface area contributed by atoms with Gasteiger partial charge in [0.25, 0.3) is 0 Å². The largest absolute Gasteiger partial charge is 0.495 e. The lowest BCUT2D eigenvalue weighted by Gasteiger charge is -2.32. The van der Waals surface area contributed by atoms with Gasteiger partial charge in [-0.1, -0.05) is 23.7 Å². The van der Waals surface area contributed by atoms with Crippen molar-refractivity contribution in [2.24, 2.45) is 5.92 Å². The zero-order valence-electron chi connectivity index (χ0n) is 19.2. The number of nitrogens with zero attached hydrogens (tertiary/aromatic N) is 1. The van der Waals surface area contributed by atoms with Crippen molar-refractivity contribution in [3.8, 4) is 5.75 Å². The number of benzene rings is 2. The predicted molar refractivity (Wildman–Crippen MR) is 127 cm³/mol. The van der Waals surface area contributed by atoms with Gasteiger partial charge in [0.05, 0.1) is 19.1 Å². The Balaban J connectivity index is 1.76. The molecule has 0 aromatic heterocycles. The molecule has 2 atom stereocenters. The van der Waals surface area contributed by atoms with Crippen molar-refractivity contribution in [3.63, 3.8) is 0 Å². The molecule has 0 bridgehead atoms. The molecule has 2 aromatic carbocycles. The van der Waals surface area contributed by atoms with Crippen LogP contribution in [0.5, 0.6) is 5.75 Å². The molecule has 1 fully saturated rings. The van der Waals surface area contributed by atoms with E-state index in [2.05, 4.69) is 31.3 Å². The lowest BCUT2D eigenvalue weighted by molar-refractivity contribution is -0.126. The Labute approximate surface area is 196 Å². The van der Waals surface area contributed by atoms with Gasteiger partial charge in [0, 0.05) is 18.1 Å². The average molecular weight is 479 g/mol. The molecule has 6 nitrogen and oxygen atoms in total. The minimum Gasteiger partial charge on any atom is -0.495 e. The first kappa shape index (κ1) is 24.6. The number of hydrogen-bond acceptors (Lipinski definition) is 4. The number of halogens is 1. The Kier molecular flexibility index (Phi) is 7.53. The molecule has 0 aliphatic carbocycles. The SMILES string of the molecule is COc1ccc(Cl)cc1S(=O)(=O)N1CCC[C@H](C(=O)N[C@@H](C)c2cc(C)c(C)cc2C)C1. The van der Waals surface area contributed by atoms with Crippen LogP contribution < -0.4 is 10.1 Å². The maximum absolute atomic E-state index is 13.3. The summed E-state index contributed by atoms with van der Waals surface area (Å²) in [4.78, 5) is 13.1. The molecule has 0 radical (unpaired) electrons. The fraction of sp³-hybridized carbons (Fsp3) is 0.458. The number of aryl methyl sites for hydroxylation is 3. The summed E-state index contributed by atoms with van der Waals surface area (Å²) in [5.41, 5.74) is 4.60. The van der Waals surface area contributed by atoms with Crippen LogP contribution in [0.4, 0.5) is 0 Å². The Hall–Kier alpha value is -2.09. The van der Waals surface area contributed by atoms with Crippen LogP contribution >= 0.6 is 11.6 Å². The maximum Gasteiger partial charge on any atom is 0.246 e. The van der Waals surface area contributed by atoms with Gasteiger partial charge in [-0.15, -0.1) is 0 Å². The number of carbonyl (C=O) groups excluding carboxylic acids is 1. The lowest BCUT2D eigenvalue weighted by Crippen LogP contribution is -2.45. The van der Waals surface area contributed by atoms with E-state index in [0.29, 0.717) is 24.4 Å². The van der Waals surface area contributed by atoms with Gasteiger partial charge >= 0.3 is 0 Å². The first-order valence-corrected chi connectivity index (χ1v) is 12.6. The number of carbonyl (C=O) groups is 1. The topological polar surface area (TPSA) is 75.7 Å². The number of hydrogen-bond donors (Lipinski definition) is 1. The molecule has 1 amide bonds. The van der Waals surface area contributed by atoms with Gasteiger partial charge in [-0.25, -0.2) is 8.42 Å². The van der Waals surface area contributed by atoms with Gasteiger partial charge in [-0.2, -0.15) is 4.31 Å². The highest BCUT2D eigenvalue weighted by atomic mass is 35.5.